The molecule has 1 nitrogen and oxygen atoms in total. The number of thiol groups is 1. The number of rotatable bonds is 9. The monoisotopic (exact) mass is 1470 g/mol. The molecule has 0 N–H and O–H groups in total. The van der Waals surface area contributed by atoms with Crippen LogP contribution in [0.15, 0.2) is 131 Å². The molecular weight excluding hydrogens is 1340 g/mol. The number of benzene rings is 5. The number of hydrogen-bond acceptors (Lipinski definition) is 3. The zero-order valence-corrected chi connectivity index (χ0v) is 54.9. The summed E-state index contributed by atoms with van der Waals surface area (Å²) < 4.78 is 282. The molecule has 5 aromatic rings. The molecule has 1 radical (unpaired) electrons. The van der Waals surface area contributed by atoms with Gasteiger partial charge in [0.25, 0.3) is 0 Å². The maximum atomic E-state index is 8.51. The van der Waals surface area contributed by atoms with Crippen molar-refractivity contribution in [3.8, 4) is 0 Å². The summed E-state index contributed by atoms with van der Waals surface area (Å²) >= 11 is 10.6. The van der Waals surface area contributed by atoms with Crippen LogP contribution in [0.3, 0.4) is 0 Å². The largest absolute Gasteiger partial charge is 1.00 e. The Morgan fingerprint density at radius 3 is 1.16 bits per heavy atom. The van der Waals surface area contributed by atoms with Crippen molar-refractivity contribution in [3.05, 3.63) is 183 Å². The predicted molar refractivity (Wildman–Crippen MR) is 350 cm³/mol. The summed E-state index contributed by atoms with van der Waals surface area (Å²) in [5.74, 6) is 10.4. The van der Waals surface area contributed by atoms with E-state index in [2.05, 4.69) is 68.4 Å². The number of allylic oxidation sites excluding steroid dienone is 1. The van der Waals surface area contributed by atoms with Crippen LogP contribution in [0.1, 0.15) is 198 Å². The van der Waals surface area contributed by atoms with Gasteiger partial charge in [0, 0.05) is 45.1 Å². The minimum absolute atomic E-state index is 0. The van der Waals surface area contributed by atoms with Crippen LogP contribution < -0.4 is 50.9 Å². The first kappa shape index (κ1) is 33.8. The van der Waals surface area contributed by atoms with Crippen molar-refractivity contribution in [2.45, 2.75) is 147 Å². The maximum Gasteiger partial charge on any atom is -1.00 e. The van der Waals surface area contributed by atoms with E-state index < -0.39 is 118 Å². The third-order valence-electron chi connectivity index (χ3n) is 9.31. The number of hydrogen-bond donors (Lipinski definition) is 1. The fourth-order valence-corrected chi connectivity index (χ4v) is 13.6. The van der Waals surface area contributed by atoms with E-state index in [1.54, 1.807) is 6.92 Å². The molecule has 0 bridgehead atoms. The van der Waals surface area contributed by atoms with Crippen molar-refractivity contribution >= 4 is 103 Å². The molecule has 0 atom stereocenters. The van der Waals surface area contributed by atoms with E-state index in [0.29, 0.717) is 22.4 Å². The van der Waals surface area contributed by atoms with Gasteiger partial charge in [-0.15, -0.1) is 0 Å². The molecule has 417 valence electrons. The van der Waals surface area contributed by atoms with E-state index in [-0.39, 0.29) is 174 Å². The van der Waals surface area contributed by atoms with Gasteiger partial charge >= 0.3 is 24.8 Å². The van der Waals surface area contributed by atoms with Crippen molar-refractivity contribution in [3.63, 3.8) is 0 Å². The van der Waals surface area contributed by atoms with Crippen LogP contribution in [0.25, 0.3) is 6.05 Å². The van der Waals surface area contributed by atoms with Gasteiger partial charge in [0.1, 0.15) is 51.7 Å². The van der Waals surface area contributed by atoms with E-state index in [1.807, 2.05) is 0 Å². The van der Waals surface area contributed by atoms with Crippen LogP contribution >= 0.6 is 56.4 Å². The van der Waals surface area contributed by atoms with Gasteiger partial charge < -0.3 is 50.9 Å². The number of nitrogens with zero attached hydrogens (tertiary/aromatic N) is 1. The smallest absolute Gasteiger partial charge is 1.00 e. The van der Waals surface area contributed by atoms with Gasteiger partial charge in [-0.25, -0.2) is 0 Å². The Hall–Kier alpha value is -0.145. The van der Waals surface area contributed by atoms with Crippen LogP contribution in [0.4, 0.5) is 0 Å². The van der Waals surface area contributed by atoms with Crippen molar-refractivity contribution in [2.75, 3.05) is 46.0 Å². The molecule has 4 aliphatic heterocycles. The summed E-state index contributed by atoms with van der Waals surface area (Å²) in [7, 11) is 4.26. The second-order valence-electron chi connectivity index (χ2n) is 15.5. The van der Waals surface area contributed by atoms with E-state index >= 15 is 0 Å². The fraction of sp³-hybridized carbons (Fsp3) is 0.492. The molecule has 5 aliphatic rings. The first-order valence-electron chi connectivity index (χ1n) is 41.9. The van der Waals surface area contributed by atoms with E-state index in [9.17, 15) is 0 Å². The molecule has 0 unspecified atom stereocenters. The summed E-state index contributed by atoms with van der Waals surface area (Å²) in [6, 6.07) is -6.63. The van der Waals surface area contributed by atoms with Gasteiger partial charge in [-0.2, -0.15) is 11.8 Å². The van der Waals surface area contributed by atoms with Crippen molar-refractivity contribution < 1.29 is 102 Å². The third-order valence-corrected chi connectivity index (χ3v) is 18.2. The minimum atomic E-state index is -2.83. The molecule has 5 aromatic carbocycles. The molecular formula is C63H92BBr5NS5. The van der Waals surface area contributed by atoms with Crippen LogP contribution in [0.2, 0.25) is 0 Å². The summed E-state index contributed by atoms with van der Waals surface area (Å²) in [5, 5.41) is -4.44. The molecule has 0 amide bonds. The summed E-state index contributed by atoms with van der Waals surface area (Å²) in [6.07, 6.45) is 14.3. The van der Waals surface area contributed by atoms with Crippen molar-refractivity contribution in [1.82, 2.24) is 0 Å². The zero-order chi connectivity index (χ0) is 84.5. The Bertz CT molecular complexity index is 3600. The Morgan fingerprint density at radius 2 is 0.853 bits per heavy atom. The van der Waals surface area contributed by atoms with Crippen LogP contribution in [-0.2, 0) is 60.5 Å². The minimum Gasteiger partial charge on any atom is -1.00 e. The van der Waals surface area contributed by atoms with E-state index in [4.69, 9.17) is 50.7 Å². The quantitative estimate of drug-likeness (QED) is 0.0672. The second kappa shape index (κ2) is 52.0. The average molecular weight is 1470 g/mol. The summed E-state index contributed by atoms with van der Waals surface area (Å²) in [5.41, 5.74) is -2.46. The van der Waals surface area contributed by atoms with Gasteiger partial charge in [-0.3, -0.25) is 0 Å². The Labute approximate surface area is 580 Å². The molecule has 5 fully saturated rings. The Morgan fingerprint density at radius 1 is 0.547 bits per heavy atom. The molecule has 4 heterocycles. The SMILES string of the molecule is C1CC1.C1CCSC1.[2H]/C(C)=C(/[2H])c1c([2H])c([2H])c(C)c([2H])c1[2H].[2H]C([2H])([2H])C.[2H]c1c([2H])c(C([2H])([2H])Br)c([2H])c([2H])c1C([2H])([2H])Br.[2H]c1c([2H])c(C([2H])([2H])[2H])c([2H])c([2H])c1C([2H])([2H])[2H].[2H]c1c([2H])c(C([2H])([2H])[S+]2CCCC2)c([2H])c([2H])c1C[S+]1CCCC1.[2H]c1c([2H])c(C[S+]2CCCC2)c([2H])c([2H])c1C.[B]=NS.[Br-].[Br-].[Br-]. The molecule has 0 spiro atoms. The fourth-order valence-electron chi connectivity index (χ4n) is 5.75. The molecule has 4 saturated heterocycles. The van der Waals surface area contributed by atoms with Crippen molar-refractivity contribution in [2.24, 2.45) is 4.30 Å². The van der Waals surface area contributed by atoms with Gasteiger partial charge in [0.05, 0.1) is 32.9 Å². The van der Waals surface area contributed by atoms with Crippen LogP contribution in [0, 0.1) is 27.6 Å². The molecule has 1 aliphatic carbocycles. The summed E-state index contributed by atoms with van der Waals surface area (Å²) in [6.45, 7) is -1.67. The average Bonchev–Trinajstić information content (AvgIpc) is 0.820. The summed E-state index contributed by atoms with van der Waals surface area (Å²) in [4.78, 5) is 0. The third kappa shape index (κ3) is 41.5. The molecule has 10 rings (SSSR count). The number of thioether (sulfide) groups is 1. The second-order valence-corrected chi connectivity index (χ2v) is 24.4. The van der Waals surface area contributed by atoms with Gasteiger partial charge in [-0.1, -0.05) is 220 Å². The van der Waals surface area contributed by atoms with E-state index in [0.717, 1.165) is 41.6 Å². The number of halogens is 5. The van der Waals surface area contributed by atoms with E-state index in [1.165, 1.54) is 102 Å². The first-order chi connectivity index (χ1) is 49.8. The van der Waals surface area contributed by atoms with Crippen LogP contribution in [0.5, 0.6) is 0 Å². The zero-order valence-electron chi connectivity index (χ0n) is 79.8. The molecule has 12 heteroatoms. The number of alkyl halides is 2. The molecule has 0 aromatic heterocycles. The first-order valence-corrected chi connectivity index (χ1v) is 31.6. The van der Waals surface area contributed by atoms with Gasteiger partial charge in [0.2, 0.25) is 0 Å². The van der Waals surface area contributed by atoms with Gasteiger partial charge in [-0.05, 0) is 147 Å². The van der Waals surface area contributed by atoms with Crippen molar-refractivity contribution in [1.29, 1.82) is 0 Å². The molecule has 1 saturated carbocycles. The van der Waals surface area contributed by atoms with Crippen LogP contribution in [-0.4, -0.2) is 53.7 Å². The van der Waals surface area contributed by atoms with Gasteiger partial charge in [0.15, 0.2) is 0 Å². The Kier molecular flexibility index (Phi) is 23.4. The maximum absolute atomic E-state index is 8.51. The molecule has 75 heavy (non-hydrogen) atoms. The topological polar surface area (TPSA) is 12.4 Å². The normalized spacial score (nSPS) is 23.3. The Balaban J connectivity index is 0. The standard InChI is InChI=1S/C16H24S2.C12H17S.C10H12.C8H8Br2.C8H10.C4H8S.C3H6.C2H6.BHNS.3BrH/c1-2-10-17(9-1)13-15-5-7-16(8-6-15)14-18-11-3-4-12-18;1-11-4-6-12(7-5-11)10-13-8-2-3-9-13;1-3-4-10-7-5-9(2)6-8-10;9-5-7-1-2-8(6-10)4-3-7;1-7-3-5-8(2)6-4-7;1-2-4-5-3-1;1-2-3-1;1-2;1-2-3;;;/h5-8H,1-4,9-14H2;4-7H,2-3,8-10H2,1H3;3-8H,1-2H3;1-4H,5-6H2;3-6H,1-2H3;1-4H2;1-3H2;1-2H3;3H;3*1H/q+2;+1;;;;;;;;;;/p-3/b;;4-3+;;;;;;;;;/i5D,6D,7D,8D,13D2;4D,5D,6D,7D;3D,4D,5D,6D,7D,8D;1D,2D,3D,4D,5D2,6D2;1D3,2D3,3D,4D,5D,6D;;;1D3;;;;. The predicted octanol–water partition coefficient (Wildman–Crippen LogP) is 10.1.